The van der Waals surface area contributed by atoms with Crippen LogP contribution in [-0.2, 0) is 35.4 Å². The molecule has 6 N–H and O–H groups in total. The first kappa shape index (κ1) is 37.7. The summed E-state index contributed by atoms with van der Waals surface area (Å²) < 4.78 is 24.9. The third-order valence-corrected chi connectivity index (χ3v) is 11.1. The molecular formula is C34H35ClN10O8S. The lowest BCUT2D eigenvalue weighted by molar-refractivity contribution is -0.149. The molecule has 0 aliphatic carbocycles. The third kappa shape index (κ3) is 8.26. The number of aromatic nitrogens is 4. The number of carbonyl (C=O) groups is 5. The number of likely N-dealkylation sites (tertiary alicyclic amines) is 1. The molecule has 0 saturated carbocycles. The highest BCUT2D eigenvalue weighted by molar-refractivity contribution is 7.91. The summed E-state index contributed by atoms with van der Waals surface area (Å²) in [5, 5.41) is 34.2. The number of hydrogen-bond donors (Lipinski definition) is 6. The monoisotopic (exact) mass is 778 g/mol. The average Bonchev–Trinajstić information content (AvgIpc) is 3.78. The van der Waals surface area contributed by atoms with Crippen LogP contribution in [0.25, 0.3) is 5.69 Å². The summed E-state index contributed by atoms with van der Waals surface area (Å²) in [6.07, 6.45) is 3.39. The Morgan fingerprint density at radius 1 is 0.981 bits per heavy atom. The fourth-order valence-corrected chi connectivity index (χ4v) is 7.57. The zero-order chi connectivity index (χ0) is 38.6. The number of carbonyl (C=O) groups excluding carboxylic acids is 4. The number of rotatable bonds is 10. The first-order chi connectivity index (χ1) is 25.7. The maximum atomic E-state index is 13.4. The van der Waals surface area contributed by atoms with Crippen molar-refractivity contribution in [3.8, 4) is 5.69 Å². The highest BCUT2D eigenvalue weighted by Gasteiger charge is 2.55. The molecule has 282 valence electrons. The Bertz CT molecular complexity index is 2200. The summed E-state index contributed by atoms with van der Waals surface area (Å²) in [5.74, 6) is -4.67. The molecule has 0 bridgehead atoms. The number of benzene rings is 3. The Kier molecular flexibility index (Phi) is 10.8. The number of tetrazole rings is 1. The summed E-state index contributed by atoms with van der Waals surface area (Å²) >= 11 is 6.12. The second-order valence-corrected chi connectivity index (χ2v) is 15.6. The number of hydrogen-bond acceptors (Lipinski definition) is 11. The van der Waals surface area contributed by atoms with E-state index in [4.69, 9.17) is 11.6 Å². The second-order valence-electron chi connectivity index (χ2n) is 12.8. The highest BCUT2D eigenvalue weighted by atomic mass is 35.5. The van der Waals surface area contributed by atoms with Crippen LogP contribution in [0.5, 0.6) is 0 Å². The molecule has 2 aliphatic heterocycles. The number of amides is 5. The normalized spacial score (nSPS) is 18.2. The van der Waals surface area contributed by atoms with E-state index in [1.807, 2.05) is 0 Å². The van der Waals surface area contributed by atoms with Crippen molar-refractivity contribution in [2.24, 2.45) is 0 Å². The molecule has 4 aromatic rings. The number of carboxylic acid groups (broad SMARTS) is 1. The minimum atomic E-state index is -3.16. The maximum absolute atomic E-state index is 13.4. The lowest BCUT2D eigenvalue weighted by Crippen LogP contribution is -2.65. The molecule has 3 aromatic carbocycles. The van der Waals surface area contributed by atoms with Gasteiger partial charge >= 0.3 is 23.8 Å². The number of urea groups is 1. The topological polar surface area (TPSA) is 247 Å². The van der Waals surface area contributed by atoms with Gasteiger partial charge in [-0.2, -0.15) is 4.68 Å². The molecule has 18 nitrogen and oxygen atoms in total. The predicted molar refractivity (Wildman–Crippen MR) is 195 cm³/mol. The van der Waals surface area contributed by atoms with E-state index in [9.17, 15) is 37.5 Å². The molecular weight excluding hydrogens is 744 g/mol. The van der Waals surface area contributed by atoms with Gasteiger partial charge in [-0.15, -0.1) is 5.10 Å². The molecule has 2 unspecified atom stereocenters. The first-order valence-corrected chi connectivity index (χ1v) is 19.0. The van der Waals surface area contributed by atoms with E-state index in [-0.39, 0.29) is 35.3 Å². The van der Waals surface area contributed by atoms with Gasteiger partial charge in [0, 0.05) is 47.7 Å². The van der Waals surface area contributed by atoms with E-state index in [0.29, 0.717) is 42.9 Å². The summed E-state index contributed by atoms with van der Waals surface area (Å²) in [7, 11) is -3.16. The molecule has 0 radical (unpaired) electrons. The van der Waals surface area contributed by atoms with Gasteiger partial charge in [-0.1, -0.05) is 41.9 Å². The minimum Gasteiger partial charge on any atom is -0.478 e. The number of anilines is 3. The van der Waals surface area contributed by atoms with E-state index < -0.39 is 50.5 Å². The Labute approximate surface area is 313 Å². The standard InChI is InChI=1S/C34H35ClN10O8S/c1-54(52,53)23-14-16-44(17-15-23)33(51)37-22-10-6-20(7-11-22)8-13-28(46)39-29-24-4-2-3-5-25(24)40-34(29,32(49)50)41-31(48)30(47)38-26-18-21(35)9-12-27(26)45-19-36-42-43-45/h2-7,9-12,18-19,23,29,40H,8,13-17H2,1H3,(H,37,51)(H,38,47)(H,39,46)(H,41,48)(H,49,50). The van der Waals surface area contributed by atoms with Gasteiger partial charge in [0.1, 0.15) is 22.2 Å². The van der Waals surface area contributed by atoms with Gasteiger partial charge in [0.05, 0.1) is 16.6 Å². The SMILES string of the molecule is CS(=O)(=O)C1CCN(C(=O)Nc2ccc(CCC(=O)NC3c4ccccc4NC3(NC(=O)C(=O)Nc3cc(Cl)ccc3-n3cnnn3)C(=O)O)cc2)CC1. The lowest BCUT2D eigenvalue weighted by Gasteiger charge is -2.33. The minimum absolute atomic E-state index is 0.0638. The van der Waals surface area contributed by atoms with Crippen LogP contribution in [0.1, 0.15) is 36.4 Å². The smallest absolute Gasteiger partial charge is 0.353 e. The first-order valence-electron chi connectivity index (χ1n) is 16.6. The lowest BCUT2D eigenvalue weighted by atomic mass is 9.96. The third-order valence-electron chi connectivity index (χ3n) is 9.18. The van der Waals surface area contributed by atoms with Crippen molar-refractivity contribution in [3.05, 3.63) is 89.2 Å². The van der Waals surface area contributed by atoms with Crippen molar-refractivity contribution >= 4 is 68.2 Å². The number of piperidine rings is 1. The van der Waals surface area contributed by atoms with Crippen molar-refractivity contribution < 1.29 is 37.5 Å². The largest absolute Gasteiger partial charge is 0.478 e. The number of carboxylic acids is 1. The van der Waals surface area contributed by atoms with Crippen LogP contribution in [0, 0.1) is 0 Å². The fourth-order valence-electron chi connectivity index (χ4n) is 6.33. The van der Waals surface area contributed by atoms with Crippen molar-refractivity contribution in [3.63, 3.8) is 0 Å². The van der Waals surface area contributed by atoms with Gasteiger partial charge < -0.3 is 36.6 Å². The van der Waals surface area contributed by atoms with Gasteiger partial charge in [-0.05, 0) is 71.7 Å². The van der Waals surface area contributed by atoms with E-state index >= 15 is 0 Å². The quantitative estimate of drug-likeness (QED) is 0.127. The number of halogens is 1. The zero-order valence-electron chi connectivity index (χ0n) is 28.7. The van der Waals surface area contributed by atoms with E-state index in [1.165, 1.54) is 35.5 Å². The Morgan fingerprint density at radius 3 is 2.37 bits per heavy atom. The summed E-state index contributed by atoms with van der Waals surface area (Å²) in [6, 6.07) is 16.0. The molecule has 1 fully saturated rings. The van der Waals surface area contributed by atoms with Crippen molar-refractivity contribution in [2.75, 3.05) is 35.3 Å². The predicted octanol–water partition coefficient (Wildman–Crippen LogP) is 2.11. The number of aliphatic carboxylic acids is 1. The molecule has 20 heteroatoms. The molecule has 0 spiro atoms. The number of fused-ring (bicyclic) bond motifs is 1. The summed E-state index contributed by atoms with van der Waals surface area (Å²) in [5.41, 5.74) is -0.0732. The average molecular weight is 779 g/mol. The van der Waals surface area contributed by atoms with Crippen LogP contribution in [-0.4, -0.2) is 98.6 Å². The molecule has 6 rings (SSSR count). The molecule has 1 saturated heterocycles. The van der Waals surface area contributed by atoms with Crippen LogP contribution >= 0.6 is 11.6 Å². The van der Waals surface area contributed by atoms with E-state index in [0.717, 1.165) is 5.56 Å². The molecule has 5 amide bonds. The van der Waals surface area contributed by atoms with Gasteiger partial charge in [-0.25, -0.2) is 18.0 Å². The fraction of sp³-hybridized carbons (Fsp3) is 0.294. The second kappa shape index (κ2) is 15.5. The molecule has 1 aromatic heterocycles. The maximum Gasteiger partial charge on any atom is 0.353 e. The van der Waals surface area contributed by atoms with E-state index in [2.05, 4.69) is 42.1 Å². The Hall–Kier alpha value is -6.08. The van der Waals surface area contributed by atoms with E-state index in [1.54, 1.807) is 53.4 Å². The Balaban J connectivity index is 1.09. The van der Waals surface area contributed by atoms with Crippen LogP contribution in [0.2, 0.25) is 5.02 Å². The van der Waals surface area contributed by atoms with Crippen molar-refractivity contribution in [1.29, 1.82) is 0 Å². The summed E-state index contributed by atoms with van der Waals surface area (Å²) in [6.45, 7) is 0.648. The van der Waals surface area contributed by atoms with Gasteiger partial charge in [0.15, 0.2) is 0 Å². The molecule has 54 heavy (non-hydrogen) atoms. The van der Waals surface area contributed by atoms with Crippen LogP contribution < -0.4 is 26.6 Å². The van der Waals surface area contributed by atoms with Crippen LogP contribution in [0.15, 0.2) is 73.1 Å². The molecule has 3 heterocycles. The number of para-hydroxylation sites is 1. The van der Waals surface area contributed by atoms with Gasteiger partial charge in [-0.3, -0.25) is 14.4 Å². The van der Waals surface area contributed by atoms with Crippen LogP contribution in [0.4, 0.5) is 21.9 Å². The zero-order valence-corrected chi connectivity index (χ0v) is 30.2. The molecule has 2 atom stereocenters. The number of sulfone groups is 1. The molecule has 2 aliphatic rings. The summed E-state index contributed by atoms with van der Waals surface area (Å²) in [4.78, 5) is 67.1. The number of aryl methyl sites for hydroxylation is 1. The van der Waals surface area contributed by atoms with Gasteiger partial charge in [0.2, 0.25) is 11.6 Å². The highest BCUT2D eigenvalue weighted by Crippen LogP contribution is 2.40. The number of nitrogens with zero attached hydrogens (tertiary/aromatic N) is 5. The number of nitrogens with one attached hydrogen (secondary N) is 5. The van der Waals surface area contributed by atoms with Crippen molar-refractivity contribution in [2.45, 2.75) is 42.6 Å². The van der Waals surface area contributed by atoms with Gasteiger partial charge in [0.25, 0.3) is 0 Å². The van der Waals surface area contributed by atoms with Crippen LogP contribution in [0.3, 0.4) is 0 Å². The van der Waals surface area contributed by atoms with Crippen molar-refractivity contribution in [1.82, 2.24) is 35.7 Å². The Morgan fingerprint density at radius 2 is 1.70 bits per heavy atom.